The summed E-state index contributed by atoms with van der Waals surface area (Å²) in [5.74, 6) is -2.12. The van der Waals surface area contributed by atoms with Crippen molar-refractivity contribution in [2.75, 3.05) is 0 Å². The minimum Gasteiger partial charge on any atom is -0.480 e. The first-order chi connectivity index (χ1) is 16.5. The smallest absolute Gasteiger partial charge is 0.326 e. The van der Waals surface area contributed by atoms with Gasteiger partial charge in [0.1, 0.15) is 17.3 Å². The summed E-state index contributed by atoms with van der Waals surface area (Å²) in [6, 6.07) is 32.4. The van der Waals surface area contributed by atoms with E-state index >= 15 is 0 Å². The Balaban J connectivity index is 1.84. The molecule has 0 spiro atoms. The van der Waals surface area contributed by atoms with E-state index in [2.05, 4.69) is 5.32 Å². The van der Waals surface area contributed by atoms with Gasteiger partial charge in [0, 0.05) is 6.42 Å². The molecule has 4 aromatic carbocycles. The van der Waals surface area contributed by atoms with Crippen molar-refractivity contribution in [1.82, 2.24) is 5.32 Å². The first-order valence-corrected chi connectivity index (χ1v) is 11.0. The van der Waals surface area contributed by atoms with Gasteiger partial charge in [0.2, 0.25) is 5.91 Å². The number of hydrogen-bond donors (Lipinski definition) is 2. The van der Waals surface area contributed by atoms with Crippen LogP contribution in [0.15, 0.2) is 115 Å². The number of nitrogens with one attached hydrogen (secondary N) is 1. The van der Waals surface area contributed by atoms with Crippen LogP contribution in [0.5, 0.6) is 0 Å². The Morgan fingerprint density at radius 1 is 0.735 bits per heavy atom. The lowest BCUT2D eigenvalue weighted by Crippen LogP contribution is -2.52. The molecule has 5 heteroatoms. The molecule has 0 aliphatic carbocycles. The number of rotatable bonds is 8. The maximum absolute atomic E-state index is 14.2. The van der Waals surface area contributed by atoms with E-state index in [0.29, 0.717) is 22.3 Å². The zero-order chi connectivity index (χ0) is 24.0. The van der Waals surface area contributed by atoms with Crippen LogP contribution in [0.2, 0.25) is 0 Å². The van der Waals surface area contributed by atoms with E-state index in [1.807, 2.05) is 91.0 Å². The molecule has 4 rings (SSSR count). The summed E-state index contributed by atoms with van der Waals surface area (Å²) >= 11 is 0. The molecule has 0 saturated carbocycles. The topological polar surface area (TPSA) is 66.4 Å². The van der Waals surface area contributed by atoms with Crippen LogP contribution in [-0.2, 0) is 21.4 Å². The third kappa shape index (κ3) is 4.59. The Bertz CT molecular complexity index is 1160. The predicted octanol–water partition coefficient (Wildman–Crippen LogP) is 4.97. The molecule has 1 atom stereocenters. The van der Waals surface area contributed by atoms with Crippen LogP contribution in [0.4, 0.5) is 4.39 Å². The van der Waals surface area contributed by atoms with Gasteiger partial charge in [-0.3, -0.25) is 4.79 Å². The Kier molecular flexibility index (Phi) is 6.83. The highest BCUT2D eigenvalue weighted by Gasteiger charge is 2.45. The molecule has 0 saturated heterocycles. The van der Waals surface area contributed by atoms with Crippen LogP contribution in [0, 0.1) is 5.82 Å². The molecule has 0 bridgehead atoms. The Labute approximate surface area is 197 Å². The van der Waals surface area contributed by atoms with Gasteiger partial charge in [-0.1, -0.05) is 103 Å². The fourth-order valence-corrected chi connectivity index (χ4v) is 4.32. The van der Waals surface area contributed by atoms with E-state index in [0.717, 1.165) is 0 Å². The molecule has 0 aliphatic heterocycles. The molecule has 0 fully saturated rings. The number of carbonyl (C=O) groups is 2. The molecule has 0 aliphatic rings. The molecule has 4 aromatic rings. The molecule has 0 aromatic heterocycles. The van der Waals surface area contributed by atoms with Crippen LogP contribution >= 0.6 is 0 Å². The van der Waals surface area contributed by atoms with Crippen molar-refractivity contribution in [2.24, 2.45) is 0 Å². The zero-order valence-corrected chi connectivity index (χ0v) is 18.4. The molecule has 1 amide bonds. The quantitative estimate of drug-likeness (QED) is 0.370. The standard InChI is InChI=1S/C29H24FNO3/c30-25-18-10-11-21(19-25)20-26(27(32)33)31-28(34)29(22-12-4-1-5-13-22,23-14-6-2-7-15-23)24-16-8-3-9-17-24/h1-19,26H,20H2,(H,31,34)(H,32,33)/t26-/m0/s1. The summed E-state index contributed by atoms with van der Waals surface area (Å²) in [5.41, 5.74) is 1.32. The molecule has 4 nitrogen and oxygen atoms in total. The van der Waals surface area contributed by atoms with Gasteiger partial charge in [0.05, 0.1) is 0 Å². The number of carbonyl (C=O) groups excluding carboxylic acids is 1. The minimum absolute atomic E-state index is 0.0483. The van der Waals surface area contributed by atoms with E-state index in [9.17, 15) is 19.1 Å². The maximum Gasteiger partial charge on any atom is 0.326 e. The van der Waals surface area contributed by atoms with Gasteiger partial charge in [0.15, 0.2) is 0 Å². The summed E-state index contributed by atoms with van der Waals surface area (Å²) in [7, 11) is 0. The molecular weight excluding hydrogens is 429 g/mol. The number of aliphatic carboxylic acids is 1. The lowest BCUT2D eigenvalue weighted by molar-refractivity contribution is -0.142. The Morgan fingerprint density at radius 3 is 1.62 bits per heavy atom. The molecule has 34 heavy (non-hydrogen) atoms. The van der Waals surface area contributed by atoms with E-state index in [1.54, 1.807) is 6.07 Å². The Hall–Kier alpha value is -4.25. The van der Waals surface area contributed by atoms with Gasteiger partial charge in [-0.15, -0.1) is 0 Å². The number of carboxylic acids is 1. The zero-order valence-electron chi connectivity index (χ0n) is 18.4. The number of benzene rings is 4. The summed E-state index contributed by atoms with van der Waals surface area (Å²) < 4.78 is 13.7. The summed E-state index contributed by atoms with van der Waals surface area (Å²) in [5, 5.41) is 12.7. The van der Waals surface area contributed by atoms with Crippen molar-refractivity contribution >= 4 is 11.9 Å². The normalized spacial score (nSPS) is 12.0. The van der Waals surface area contributed by atoms with Crippen molar-refractivity contribution in [1.29, 1.82) is 0 Å². The lowest BCUT2D eigenvalue weighted by Gasteiger charge is -2.35. The van der Waals surface area contributed by atoms with Gasteiger partial charge in [-0.25, -0.2) is 9.18 Å². The van der Waals surface area contributed by atoms with Gasteiger partial charge in [0.25, 0.3) is 0 Å². The Morgan fingerprint density at radius 2 is 1.21 bits per heavy atom. The van der Waals surface area contributed by atoms with Crippen LogP contribution in [0.3, 0.4) is 0 Å². The van der Waals surface area contributed by atoms with E-state index < -0.39 is 29.2 Å². The van der Waals surface area contributed by atoms with Gasteiger partial charge < -0.3 is 10.4 Å². The fraction of sp³-hybridized carbons (Fsp3) is 0.103. The SMILES string of the molecule is O=C(O)[C@H](Cc1cccc(F)c1)NC(=O)C(c1ccccc1)(c1ccccc1)c1ccccc1. The van der Waals surface area contributed by atoms with E-state index in [1.165, 1.54) is 18.2 Å². The molecular formula is C29H24FNO3. The third-order valence-corrected chi connectivity index (χ3v) is 5.89. The molecule has 170 valence electrons. The molecule has 0 unspecified atom stereocenters. The largest absolute Gasteiger partial charge is 0.480 e. The van der Waals surface area contributed by atoms with Crippen LogP contribution in [0.25, 0.3) is 0 Å². The second-order valence-corrected chi connectivity index (χ2v) is 8.05. The highest BCUT2D eigenvalue weighted by molar-refractivity contribution is 5.98. The van der Waals surface area contributed by atoms with Crippen molar-refractivity contribution in [3.8, 4) is 0 Å². The molecule has 0 radical (unpaired) electrons. The van der Waals surface area contributed by atoms with Crippen molar-refractivity contribution in [2.45, 2.75) is 17.9 Å². The van der Waals surface area contributed by atoms with Crippen LogP contribution in [-0.4, -0.2) is 23.0 Å². The fourth-order valence-electron chi connectivity index (χ4n) is 4.32. The van der Waals surface area contributed by atoms with E-state index in [-0.39, 0.29) is 6.42 Å². The van der Waals surface area contributed by atoms with Gasteiger partial charge in [-0.2, -0.15) is 0 Å². The maximum atomic E-state index is 14.2. The average molecular weight is 454 g/mol. The van der Waals surface area contributed by atoms with E-state index in [4.69, 9.17) is 0 Å². The highest BCUT2D eigenvalue weighted by atomic mass is 19.1. The monoisotopic (exact) mass is 453 g/mol. The first kappa shape index (κ1) is 22.9. The number of amides is 1. The molecule has 0 heterocycles. The number of halogens is 1. The summed E-state index contributed by atoms with van der Waals surface area (Å²) in [4.78, 5) is 26.3. The third-order valence-electron chi connectivity index (χ3n) is 5.89. The first-order valence-electron chi connectivity index (χ1n) is 11.0. The minimum atomic E-state index is -1.29. The van der Waals surface area contributed by atoms with Crippen molar-refractivity contribution in [3.05, 3.63) is 143 Å². The highest BCUT2D eigenvalue weighted by Crippen LogP contribution is 2.39. The van der Waals surface area contributed by atoms with Crippen LogP contribution in [0.1, 0.15) is 22.3 Å². The van der Waals surface area contributed by atoms with Gasteiger partial charge in [-0.05, 0) is 34.4 Å². The van der Waals surface area contributed by atoms with Crippen molar-refractivity contribution < 1.29 is 19.1 Å². The van der Waals surface area contributed by atoms with Crippen LogP contribution < -0.4 is 5.32 Å². The number of carboxylic acid groups (broad SMARTS) is 1. The second-order valence-electron chi connectivity index (χ2n) is 8.05. The molecule has 2 N–H and O–H groups in total. The predicted molar refractivity (Wildman–Crippen MR) is 129 cm³/mol. The average Bonchev–Trinajstić information content (AvgIpc) is 2.86. The summed E-state index contributed by atoms with van der Waals surface area (Å²) in [6.07, 6.45) is -0.0483. The summed E-state index contributed by atoms with van der Waals surface area (Å²) in [6.45, 7) is 0. The lowest BCUT2D eigenvalue weighted by atomic mass is 9.68. The number of hydrogen-bond acceptors (Lipinski definition) is 2. The van der Waals surface area contributed by atoms with Crippen molar-refractivity contribution in [3.63, 3.8) is 0 Å². The second kappa shape index (κ2) is 10.1. The van der Waals surface area contributed by atoms with Gasteiger partial charge >= 0.3 is 5.97 Å².